The van der Waals surface area contributed by atoms with E-state index in [1.54, 1.807) is 19.2 Å². The summed E-state index contributed by atoms with van der Waals surface area (Å²) in [6.07, 6.45) is 6.42. The predicted octanol–water partition coefficient (Wildman–Crippen LogP) is 6.84. The van der Waals surface area contributed by atoms with Gasteiger partial charge in [0.05, 0.1) is 5.60 Å². The molecule has 160 valence electrons. The molecule has 0 unspecified atom stereocenters. The molecule has 2 rings (SSSR count). The number of hydrogen-bond donors (Lipinski definition) is 1. The van der Waals surface area contributed by atoms with Crippen LogP contribution in [0.3, 0.4) is 0 Å². The van der Waals surface area contributed by atoms with E-state index in [0.29, 0.717) is 24.5 Å². The Morgan fingerprint density at radius 1 is 1.03 bits per heavy atom. The van der Waals surface area contributed by atoms with Gasteiger partial charge >= 0.3 is 0 Å². The first-order valence-corrected chi connectivity index (χ1v) is 10.8. The molecule has 0 amide bonds. The quantitative estimate of drug-likeness (QED) is 0.373. The zero-order chi connectivity index (χ0) is 21.1. The second-order valence-corrected chi connectivity index (χ2v) is 7.68. The second kappa shape index (κ2) is 11.9. The van der Waals surface area contributed by atoms with Crippen molar-refractivity contribution in [3.05, 3.63) is 59.9 Å². The molecule has 3 nitrogen and oxygen atoms in total. The molecule has 0 saturated carbocycles. The van der Waals surface area contributed by atoms with Gasteiger partial charge in [-0.3, -0.25) is 0 Å². The Bertz CT molecular complexity index is 734. The van der Waals surface area contributed by atoms with Gasteiger partial charge < -0.3 is 14.6 Å². The van der Waals surface area contributed by atoms with Crippen molar-refractivity contribution in [3.63, 3.8) is 0 Å². The highest BCUT2D eigenvalue weighted by molar-refractivity contribution is 5.42. The SMILES string of the molecule is CCCC[C@H](CC)[C@@](O)(CCCCOC)c1ccccc1Oc1cccc(F)c1. The number of hydrogen-bond acceptors (Lipinski definition) is 3. The van der Waals surface area contributed by atoms with Crippen LogP contribution in [0.1, 0.15) is 64.4 Å². The van der Waals surface area contributed by atoms with Crippen LogP contribution in [0.25, 0.3) is 0 Å². The molecule has 1 N–H and O–H groups in total. The van der Waals surface area contributed by atoms with E-state index in [9.17, 15) is 9.50 Å². The van der Waals surface area contributed by atoms with Crippen LogP contribution in [-0.2, 0) is 10.3 Å². The molecule has 0 aliphatic heterocycles. The fourth-order valence-corrected chi connectivity index (χ4v) is 4.00. The third-order valence-corrected chi connectivity index (χ3v) is 5.61. The Balaban J connectivity index is 2.38. The molecule has 0 radical (unpaired) electrons. The lowest BCUT2D eigenvalue weighted by Crippen LogP contribution is -2.35. The number of ether oxygens (including phenoxy) is 2. The van der Waals surface area contributed by atoms with Crippen LogP contribution in [0.2, 0.25) is 0 Å². The van der Waals surface area contributed by atoms with Crippen LogP contribution < -0.4 is 4.74 Å². The molecule has 0 aliphatic rings. The lowest BCUT2D eigenvalue weighted by atomic mass is 9.74. The predicted molar refractivity (Wildman–Crippen MR) is 116 cm³/mol. The first-order chi connectivity index (χ1) is 14.0. The van der Waals surface area contributed by atoms with Gasteiger partial charge in [0.25, 0.3) is 0 Å². The van der Waals surface area contributed by atoms with Gasteiger partial charge in [0.15, 0.2) is 0 Å². The average molecular weight is 403 g/mol. The van der Waals surface area contributed by atoms with E-state index in [-0.39, 0.29) is 11.7 Å². The van der Waals surface area contributed by atoms with Gasteiger partial charge in [0, 0.05) is 25.3 Å². The molecule has 0 fully saturated rings. The van der Waals surface area contributed by atoms with Gasteiger partial charge in [-0.15, -0.1) is 0 Å². The molecule has 2 aromatic rings. The summed E-state index contributed by atoms with van der Waals surface area (Å²) in [6.45, 7) is 4.99. The summed E-state index contributed by atoms with van der Waals surface area (Å²) >= 11 is 0. The van der Waals surface area contributed by atoms with Crippen molar-refractivity contribution in [1.29, 1.82) is 0 Å². The van der Waals surface area contributed by atoms with E-state index in [2.05, 4.69) is 13.8 Å². The highest BCUT2D eigenvalue weighted by Gasteiger charge is 2.38. The molecule has 0 bridgehead atoms. The van der Waals surface area contributed by atoms with E-state index < -0.39 is 5.60 Å². The monoisotopic (exact) mass is 402 g/mol. The Morgan fingerprint density at radius 3 is 2.52 bits per heavy atom. The number of halogens is 1. The van der Waals surface area contributed by atoms with Crippen LogP contribution in [0.5, 0.6) is 11.5 Å². The number of aliphatic hydroxyl groups is 1. The molecule has 0 spiro atoms. The largest absolute Gasteiger partial charge is 0.457 e. The second-order valence-electron chi connectivity index (χ2n) is 7.68. The zero-order valence-corrected chi connectivity index (χ0v) is 18.0. The van der Waals surface area contributed by atoms with E-state index in [1.807, 2.05) is 24.3 Å². The maximum Gasteiger partial charge on any atom is 0.133 e. The van der Waals surface area contributed by atoms with E-state index in [4.69, 9.17) is 9.47 Å². The standard InChI is InChI=1S/C25H35FO3/c1-4-6-12-20(5-2)25(27,17-9-10-18-28-3)23-15-7-8-16-24(23)29-22-14-11-13-21(26)19-22/h7-8,11,13-16,19-20,27H,4-6,9-10,12,17-18H2,1-3H3/t20-,25-/m0/s1. The van der Waals surface area contributed by atoms with Crippen LogP contribution in [0.4, 0.5) is 4.39 Å². The fraction of sp³-hybridized carbons (Fsp3) is 0.520. The topological polar surface area (TPSA) is 38.7 Å². The van der Waals surface area contributed by atoms with E-state index in [1.165, 1.54) is 12.1 Å². The highest BCUT2D eigenvalue weighted by atomic mass is 19.1. The van der Waals surface area contributed by atoms with Crippen LogP contribution in [-0.4, -0.2) is 18.8 Å². The summed E-state index contributed by atoms with van der Waals surface area (Å²) in [5.41, 5.74) is -0.216. The van der Waals surface area contributed by atoms with Gasteiger partial charge in [-0.1, -0.05) is 57.4 Å². The maximum absolute atomic E-state index is 13.6. The first kappa shape index (κ1) is 23.4. The van der Waals surface area contributed by atoms with Gasteiger partial charge in [-0.05, 0) is 49.8 Å². The van der Waals surface area contributed by atoms with E-state index >= 15 is 0 Å². The zero-order valence-electron chi connectivity index (χ0n) is 18.0. The van der Waals surface area contributed by atoms with Crippen LogP contribution in [0.15, 0.2) is 48.5 Å². The minimum Gasteiger partial charge on any atom is -0.457 e. The Kier molecular flexibility index (Phi) is 9.62. The third-order valence-electron chi connectivity index (χ3n) is 5.61. The minimum atomic E-state index is -0.998. The molecule has 0 heterocycles. The smallest absolute Gasteiger partial charge is 0.133 e. The summed E-state index contributed by atoms with van der Waals surface area (Å²) in [6, 6.07) is 13.7. The average Bonchev–Trinajstić information content (AvgIpc) is 2.72. The maximum atomic E-state index is 13.6. The summed E-state index contributed by atoms with van der Waals surface area (Å²) < 4.78 is 24.8. The number of benzene rings is 2. The lowest BCUT2D eigenvalue weighted by Gasteiger charge is -2.38. The lowest BCUT2D eigenvalue weighted by molar-refractivity contribution is -0.0421. The molecule has 2 atom stereocenters. The van der Waals surface area contributed by atoms with Crippen molar-refractivity contribution in [2.45, 2.75) is 64.4 Å². The Morgan fingerprint density at radius 2 is 1.83 bits per heavy atom. The summed E-state index contributed by atoms with van der Waals surface area (Å²) in [5, 5.41) is 12.0. The van der Waals surface area contributed by atoms with Crippen molar-refractivity contribution in [3.8, 4) is 11.5 Å². The first-order valence-electron chi connectivity index (χ1n) is 10.8. The number of methoxy groups -OCH3 is 1. The summed E-state index contributed by atoms with van der Waals surface area (Å²) in [5.74, 6) is 0.800. The van der Waals surface area contributed by atoms with Gasteiger partial charge in [-0.25, -0.2) is 4.39 Å². The molecule has 29 heavy (non-hydrogen) atoms. The van der Waals surface area contributed by atoms with E-state index in [0.717, 1.165) is 44.1 Å². The van der Waals surface area contributed by atoms with Crippen molar-refractivity contribution in [2.24, 2.45) is 5.92 Å². The molecular weight excluding hydrogens is 367 g/mol. The van der Waals surface area contributed by atoms with Crippen LogP contribution >= 0.6 is 0 Å². The van der Waals surface area contributed by atoms with Gasteiger partial charge in [0.1, 0.15) is 17.3 Å². The molecule has 4 heteroatoms. The van der Waals surface area contributed by atoms with Gasteiger partial charge in [-0.2, -0.15) is 0 Å². The Labute approximate surface area is 174 Å². The number of unbranched alkanes of at least 4 members (excludes halogenated alkanes) is 2. The third kappa shape index (κ3) is 6.55. The molecule has 0 aromatic heterocycles. The molecule has 0 saturated heterocycles. The Hall–Kier alpha value is -1.91. The normalized spacial score (nSPS) is 14.4. The summed E-state index contributed by atoms with van der Waals surface area (Å²) in [4.78, 5) is 0. The van der Waals surface area contributed by atoms with Crippen molar-refractivity contribution >= 4 is 0 Å². The molecule has 0 aliphatic carbocycles. The van der Waals surface area contributed by atoms with Crippen LogP contribution in [0, 0.1) is 11.7 Å². The highest BCUT2D eigenvalue weighted by Crippen LogP contribution is 2.44. The molecular formula is C25H35FO3. The van der Waals surface area contributed by atoms with Crippen molar-refractivity contribution in [2.75, 3.05) is 13.7 Å². The minimum absolute atomic E-state index is 0.127. The fourth-order valence-electron chi connectivity index (χ4n) is 4.00. The number of para-hydroxylation sites is 1. The number of rotatable bonds is 13. The van der Waals surface area contributed by atoms with Crippen molar-refractivity contribution in [1.82, 2.24) is 0 Å². The van der Waals surface area contributed by atoms with Gasteiger partial charge in [0.2, 0.25) is 0 Å². The van der Waals surface area contributed by atoms with Crippen molar-refractivity contribution < 1.29 is 19.0 Å². The molecule has 2 aromatic carbocycles. The summed E-state index contributed by atoms with van der Waals surface area (Å²) in [7, 11) is 1.70.